The Morgan fingerprint density at radius 2 is 1.93 bits per heavy atom. The van der Waals surface area contributed by atoms with E-state index < -0.39 is 0 Å². The summed E-state index contributed by atoms with van der Waals surface area (Å²) in [6.07, 6.45) is 4.46. The van der Waals surface area contributed by atoms with E-state index in [9.17, 15) is 0 Å². The molecule has 0 radical (unpaired) electrons. The van der Waals surface area contributed by atoms with Crippen molar-refractivity contribution in [2.24, 2.45) is 0 Å². The SMILES string of the molecule is CN1CCN(CCCNc2cc3c(Nc4cccc(Br)c4)ncnc3cn2)CC1. The van der Waals surface area contributed by atoms with Gasteiger partial charge in [-0.2, -0.15) is 0 Å². The van der Waals surface area contributed by atoms with Gasteiger partial charge in [-0.05, 0) is 44.3 Å². The van der Waals surface area contributed by atoms with Crippen molar-refractivity contribution >= 4 is 44.2 Å². The molecule has 1 aliphatic rings. The molecule has 0 unspecified atom stereocenters. The average Bonchev–Trinajstić information content (AvgIpc) is 2.73. The molecule has 4 rings (SSSR count). The number of halogens is 1. The fourth-order valence-corrected chi connectivity index (χ4v) is 3.85. The Morgan fingerprint density at radius 1 is 1.07 bits per heavy atom. The van der Waals surface area contributed by atoms with Crippen molar-refractivity contribution in [1.29, 1.82) is 0 Å². The molecule has 0 spiro atoms. The normalized spacial score (nSPS) is 15.5. The molecule has 0 saturated carbocycles. The number of anilines is 3. The molecule has 2 aromatic heterocycles. The highest BCUT2D eigenvalue weighted by Crippen LogP contribution is 2.25. The van der Waals surface area contributed by atoms with Gasteiger partial charge in [0.15, 0.2) is 0 Å². The van der Waals surface area contributed by atoms with Gasteiger partial charge in [0.25, 0.3) is 0 Å². The second-order valence-corrected chi connectivity index (χ2v) is 8.29. The fourth-order valence-electron chi connectivity index (χ4n) is 3.45. The van der Waals surface area contributed by atoms with Gasteiger partial charge < -0.3 is 20.4 Å². The second-order valence-electron chi connectivity index (χ2n) is 7.37. The molecule has 8 heteroatoms. The highest BCUT2D eigenvalue weighted by Gasteiger charge is 2.13. The summed E-state index contributed by atoms with van der Waals surface area (Å²) >= 11 is 3.51. The zero-order valence-corrected chi connectivity index (χ0v) is 18.2. The Balaban J connectivity index is 1.39. The van der Waals surface area contributed by atoms with Gasteiger partial charge in [0.2, 0.25) is 0 Å². The summed E-state index contributed by atoms with van der Waals surface area (Å²) in [5, 5.41) is 7.78. The van der Waals surface area contributed by atoms with Gasteiger partial charge in [-0.3, -0.25) is 0 Å². The summed E-state index contributed by atoms with van der Waals surface area (Å²) < 4.78 is 1.02. The zero-order chi connectivity index (χ0) is 20.1. The monoisotopic (exact) mass is 455 g/mol. The number of benzene rings is 1. The predicted octanol–water partition coefficient (Wildman–Crippen LogP) is 3.58. The quantitative estimate of drug-likeness (QED) is 0.527. The first kappa shape index (κ1) is 20.0. The molecule has 0 aliphatic carbocycles. The topological polar surface area (TPSA) is 69.2 Å². The van der Waals surface area contributed by atoms with Gasteiger partial charge in [-0.1, -0.05) is 22.0 Å². The largest absolute Gasteiger partial charge is 0.370 e. The van der Waals surface area contributed by atoms with Crippen LogP contribution in [-0.4, -0.2) is 71.1 Å². The number of rotatable bonds is 7. The smallest absolute Gasteiger partial charge is 0.141 e. The minimum atomic E-state index is 0.774. The first-order chi connectivity index (χ1) is 14.2. The van der Waals surface area contributed by atoms with E-state index in [1.165, 1.54) is 0 Å². The highest BCUT2D eigenvalue weighted by atomic mass is 79.9. The molecule has 1 aromatic carbocycles. The number of hydrogen-bond acceptors (Lipinski definition) is 7. The second kappa shape index (κ2) is 9.47. The van der Waals surface area contributed by atoms with E-state index in [0.717, 1.165) is 78.4 Å². The molecule has 2 N–H and O–H groups in total. The number of hydrogen-bond donors (Lipinski definition) is 2. The van der Waals surface area contributed by atoms with Crippen LogP contribution in [0.1, 0.15) is 6.42 Å². The summed E-state index contributed by atoms with van der Waals surface area (Å²) in [6.45, 7) is 6.65. The molecule has 1 aliphatic heterocycles. The van der Waals surface area contributed by atoms with E-state index >= 15 is 0 Å². The summed E-state index contributed by atoms with van der Waals surface area (Å²) in [5.41, 5.74) is 1.79. The van der Waals surface area contributed by atoms with Crippen LogP contribution < -0.4 is 10.6 Å². The summed E-state index contributed by atoms with van der Waals surface area (Å²) in [6, 6.07) is 10.0. The Bertz CT molecular complexity index is 957. The molecule has 1 fully saturated rings. The van der Waals surface area contributed by atoms with Crippen molar-refractivity contribution in [3.8, 4) is 0 Å². The van der Waals surface area contributed by atoms with Gasteiger partial charge in [-0.15, -0.1) is 0 Å². The maximum absolute atomic E-state index is 4.51. The summed E-state index contributed by atoms with van der Waals surface area (Å²) in [5.74, 6) is 1.62. The molecule has 0 atom stereocenters. The van der Waals surface area contributed by atoms with Crippen LogP contribution in [-0.2, 0) is 0 Å². The highest BCUT2D eigenvalue weighted by molar-refractivity contribution is 9.10. The third kappa shape index (κ3) is 5.41. The number of fused-ring (bicyclic) bond motifs is 1. The summed E-state index contributed by atoms with van der Waals surface area (Å²) in [4.78, 5) is 18.2. The zero-order valence-electron chi connectivity index (χ0n) is 16.6. The van der Waals surface area contributed by atoms with E-state index in [-0.39, 0.29) is 0 Å². The lowest BCUT2D eigenvalue weighted by molar-refractivity contribution is 0.154. The number of likely N-dealkylation sites (N-methyl/N-ethyl adjacent to an activating group) is 1. The third-order valence-corrected chi connectivity index (χ3v) is 5.66. The molecule has 0 bridgehead atoms. The van der Waals surface area contributed by atoms with Crippen molar-refractivity contribution in [2.45, 2.75) is 6.42 Å². The molecule has 3 aromatic rings. The van der Waals surface area contributed by atoms with Crippen LogP contribution in [0.25, 0.3) is 10.9 Å². The number of aromatic nitrogens is 3. The third-order valence-electron chi connectivity index (χ3n) is 5.16. The first-order valence-electron chi connectivity index (χ1n) is 9.95. The van der Waals surface area contributed by atoms with Crippen LogP contribution in [0.15, 0.2) is 47.3 Å². The standard InChI is InChI=1S/C21H26BrN7/c1-28-8-10-29(11-9-28)7-3-6-23-20-13-18-19(14-24-20)25-15-26-21(18)27-17-5-2-4-16(22)12-17/h2,4-5,12-15H,3,6-11H2,1H3,(H,23,24)(H,25,26,27). The predicted molar refractivity (Wildman–Crippen MR) is 122 cm³/mol. The maximum atomic E-state index is 4.51. The van der Waals surface area contributed by atoms with E-state index in [2.05, 4.69) is 58.4 Å². The van der Waals surface area contributed by atoms with Crippen molar-refractivity contribution in [1.82, 2.24) is 24.8 Å². The fraction of sp³-hybridized carbons (Fsp3) is 0.381. The lowest BCUT2D eigenvalue weighted by Crippen LogP contribution is -2.44. The Hall–Kier alpha value is -2.29. The van der Waals surface area contributed by atoms with Crippen LogP contribution in [0.4, 0.5) is 17.3 Å². The molecule has 152 valence electrons. The average molecular weight is 456 g/mol. The molecular weight excluding hydrogens is 430 g/mol. The van der Waals surface area contributed by atoms with E-state index in [1.54, 1.807) is 12.5 Å². The Kier molecular flexibility index (Phi) is 6.53. The molecule has 29 heavy (non-hydrogen) atoms. The van der Waals surface area contributed by atoms with E-state index in [4.69, 9.17) is 0 Å². The lowest BCUT2D eigenvalue weighted by atomic mass is 10.2. The van der Waals surface area contributed by atoms with Gasteiger partial charge in [0, 0.05) is 48.3 Å². The van der Waals surface area contributed by atoms with Crippen molar-refractivity contribution < 1.29 is 0 Å². The van der Waals surface area contributed by atoms with Crippen molar-refractivity contribution in [3.63, 3.8) is 0 Å². The van der Waals surface area contributed by atoms with Crippen molar-refractivity contribution in [2.75, 3.05) is 56.9 Å². The minimum Gasteiger partial charge on any atom is -0.370 e. The molecule has 0 amide bonds. The van der Waals surface area contributed by atoms with Crippen LogP contribution in [0.2, 0.25) is 0 Å². The van der Waals surface area contributed by atoms with Gasteiger partial charge in [-0.25, -0.2) is 15.0 Å². The lowest BCUT2D eigenvalue weighted by Gasteiger charge is -2.32. The van der Waals surface area contributed by atoms with Crippen LogP contribution in [0.3, 0.4) is 0 Å². The Labute approximate surface area is 179 Å². The van der Waals surface area contributed by atoms with Gasteiger partial charge in [0.05, 0.1) is 11.7 Å². The number of nitrogens with zero attached hydrogens (tertiary/aromatic N) is 5. The molecule has 7 nitrogen and oxygen atoms in total. The molecule has 3 heterocycles. The van der Waals surface area contributed by atoms with Crippen LogP contribution >= 0.6 is 15.9 Å². The van der Waals surface area contributed by atoms with Crippen LogP contribution in [0.5, 0.6) is 0 Å². The van der Waals surface area contributed by atoms with Gasteiger partial charge in [0.1, 0.15) is 18.0 Å². The van der Waals surface area contributed by atoms with E-state index in [1.807, 2.05) is 30.3 Å². The maximum Gasteiger partial charge on any atom is 0.141 e. The number of nitrogens with one attached hydrogen (secondary N) is 2. The summed E-state index contributed by atoms with van der Waals surface area (Å²) in [7, 11) is 2.19. The van der Waals surface area contributed by atoms with Crippen molar-refractivity contribution in [3.05, 3.63) is 47.3 Å². The van der Waals surface area contributed by atoms with Gasteiger partial charge >= 0.3 is 0 Å². The van der Waals surface area contributed by atoms with Crippen LogP contribution in [0, 0.1) is 0 Å². The number of piperazine rings is 1. The minimum absolute atomic E-state index is 0.774. The van der Waals surface area contributed by atoms with E-state index in [0.29, 0.717) is 0 Å². The molecular formula is C21H26BrN7. The molecule has 1 saturated heterocycles. The number of pyridine rings is 1. The first-order valence-corrected chi connectivity index (χ1v) is 10.7. The Morgan fingerprint density at radius 3 is 2.76 bits per heavy atom.